The Balaban J connectivity index is 2.91. The van der Waals surface area contributed by atoms with E-state index in [1.165, 1.54) is 15.3 Å². The van der Waals surface area contributed by atoms with E-state index in [0.29, 0.717) is 0 Å². The van der Waals surface area contributed by atoms with Gasteiger partial charge in [-0.2, -0.15) is 0 Å². The van der Waals surface area contributed by atoms with Crippen LogP contribution in [0.3, 0.4) is 0 Å². The molecule has 1 aromatic rings. The number of nitrogens with one attached hydrogen (secondary N) is 1. The lowest BCUT2D eigenvalue weighted by Gasteiger charge is -2.12. The lowest BCUT2D eigenvalue weighted by atomic mass is 10.1. The number of aryl methyl sites for hydroxylation is 2. The van der Waals surface area contributed by atoms with Crippen molar-refractivity contribution in [3.63, 3.8) is 0 Å². The summed E-state index contributed by atoms with van der Waals surface area (Å²) in [6.45, 7) is 4.34. The van der Waals surface area contributed by atoms with Crippen LogP contribution in [-0.2, 0) is 0 Å². The van der Waals surface area contributed by atoms with Crippen molar-refractivity contribution in [2.75, 3.05) is 13.7 Å². The van der Waals surface area contributed by atoms with Gasteiger partial charge in [-0.1, -0.05) is 0 Å². The van der Waals surface area contributed by atoms with E-state index in [4.69, 9.17) is 5.11 Å². The Morgan fingerprint density at radius 1 is 1.58 bits per heavy atom. The molecular weight excluding hydrogens is 170 g/mol. The highest BCUT2D eigenvalue weighted by Gasteiger charge is 2.12. The van der Waals surface area contributed by atoms with Crippen LogP contribution in [-0.4, -0.2) is 18.8 Å². The summed E-state index contributed by atoms with van der Waals surface area (Å²) in [6.07, 6.45) is 0. The molecule has 0 spiro atoms. The van der Waals surface area contributed by atoms with Gasteiger partial charge in [-0.25, -0.2) is 0 Å². The maximum atomic E-state index is 9.06. The van der Waals surface area contributed by atoms with Crippen molar-refractivity contribution in [2.24, 2.45) is 0 Å². The molecule has 0 saturated carbocycles. The van der Waals surface area contributed by atoms with Crippen LogP contribution < -0.4 is 5.32 Å². The van der Waals surface area contributed by atoms with Gasteiger partial charge in [0.05, 0.1) is 12.6 Å². The largest absolute Gasteiger partial charge is 0.394 e. The van der Waals surface area contributed by atoms with Crippen LogP contribution in [0.25, 0.3) is 0 Å². The first-order chi connectivity index (χ1) is 5.69. The molecule has 0 radical (unpaired) electrons. The van der Waals surface area contributed by atoms with E-state index < -0.39 is 0 Å². The normalized spacial score (nSPS) is 13.3. The molecule has 1 aromatic heterocycles. The minimum atomic E-state index is 0.0925. The van der Waals surface area contributed by atoms with Gasteiger partial charge >= 0.3 is 0 Å². The maximum Gasteiger partial charge on any atom is 0.0626 e. The zero-order valence-electron chi connectivity index (χ0n) is 7.72. The fourth-order valence-corrected chi connectivity index (χ4v) is 2.33. The Hall–Kier alpha value is -0.380. The van der Waals surface area contributed by atoms with E-state index in [-0.39, 0.29) is 12.6 Å². The molecule has 0 aromatic carbocycles. The molecule has 1 atom stereocenters. The Bertz CT molecular complexity index is 253. The zero-order chi connectivity index (χ0) is 9.14. The van der Waals surface area contributed by atoms with Crippen molar-refractivity contribution in [2.45, 2.75) is 19.9 Å². The molecule has 1 rings (SSSR count). The van der Waals surface area contributed by atoms with Gasteiger partial charge in [-0.15, -0.1) is 11.3 Å². The number of hydrogen-bond acceptors (Lipinski definition) is 3. The van der Waals surface area contributed by atoms with Crippen molar-refractivity contribution in [1.29, 1.82) is 0 Å². The van der Waals surface area contributed by atoms with E-state index >= 15 is 0 Å². The van der Waals surface area contributed by atoms with Gasteiger partial charge < -0.3 is 10.4 Å². The predicted octanol–water partition coefficient (Wildman–Crippen LogP) is 1.62. The second-order valence-corrected chi connectivity index (χ2v) is 4.35. The number of aliphatic hydroxyl groups excluding tert-OH is 1. The molecule has 0 bridgehead atoms. The average molecular weight is 185 g/mol. The molecule has 1 heterocycles. The van der Waals surface area contributed by atoms with Gasteiger partial charge in [0.1, 0.15) is 0 Å². The molecule has 3 heteroatoms. The third-order valence-electron chi connectivity index (χ3n) is 1.99. The number of hydrogen-bond donors (Lipinski definition) is 2. The summed E-state index contributed by atoms with van der Waals surface area (Å²) in [4.78, 5) is 2.59. The monoisotopic (exact) mass is 185 g/mol. The minimum Gasteiger partial charge on any atom is -0.394 e. The van der Waals surface area contributed by atoms with Gasteiger partial charge in [0.25, 0.3) is 0 Å². The quantitative estimate of drug-likeness (QED) is 0.750. The first-order valence-corrected chi connectivity index (χ1v) is 4.85. The highest BCUT2D eigenvalue weighted by atomic mass is 32.1. The first kappa shape index (κ1) is 9.71. The summed E-state index contributed by atoms with van der Waals surface area (Å²) >= 11 is 1.78. The molecule has 1 unspecified atom stereocenters. The molecule has 0 amide bonds. The standard InChI is InChI=1S/C9H15NOS/c1-6-4-8(7(2)12-6)9(5-11)10-3/h4,9-11H,5H2,1-3H3. The molecule has 0 fully saturated rings. The summed E-state index contributed by atoms with van der Waals surface area (Å²) in [6, 6.07) is 2.23. The summed E-state index contributed by atoms with van der Waals surface area (Å²) in [5, 5.41) is 12.1. The van der Waals surface area contributed by atoms with Crippen LogP contribution in [0, 0.1) is 13.8 Å². The van der Waals surface area contributed by atoms with Crippen molar-refractivity contribution in [3.05, 3.63) is 21.4 Å². The van der Waals surface area contributed by atoms with Crippen LogP contribution in [0.15, 0.2) is 6.07 Å². The number of likely N-dealkylation sites (N-methyl/N-ethyl adjacent to an activating group) is 1. The number of rotatable bonds is 3. The summed E-state index contributed by atoms with van der Waals surface area (Å²) in [7, 11) is 1.87. The van der Waals surface area contributed by atoms with Crippen LogP contribution >= 0.6 is 11.3 Å². The van der Waals surface area contributed by atoms with Crippen molar-refractivity contribution in [3.8, 4) is 0 Å². The SMILES string of the molecule is CNC(CO)c1cc(C)sc1C. The third-order valence-corrected chi connectivity index (χ3v) is 2.97. The molecule has 0 saturated heterocycles. The van der Waals surface area contributed by atoms with Gasteiger partial charge in [0, 0.05) is 9.75 Å². The van der Waals surface area contributed by atoms with E-state index in [9.17, 15) is 0 Å². The molecule has 2 N–H and O–H groups in total. The predicted molar refractivity (Wildman–Crippen MR) is 52.7 cm³/mol. The highest BCUT2D eigenvalue weighted by Crippen LogP contribution is 2.25. The zero-order valence-corrected chi connectivity index (χ0v) is 8.53. The molecule has 12 heavy (non-hydrogen) atoms. The van der Waals surface area contributed by atoms with E-state index in [2.05, 4.69) is 25.2 Å². The number of aliphatic hydroxyl groups is 1. The van der Waals surface area contributed by atoms with E-state index in [1.807, 2.05) is 7.05 Å². The third kappa shape index (κ3) is 1.86. The lowest BCUT2D eigenvalue weighted by Crippen LogP contribution is -2.19. The highest BCUT2D eigenvalue weighted by molar-refractivity contribution is 7.12. The fourth-order valence-electron chi connectivity index (χ4n) is 1.34. The van der Waals surface area contributed by atoms with Gasteiger partial charge in [0.15, 0.2) is 0 Å². The van der Waals surface area contributed by atoms with Crippen molar-refractivity contribution < 1.29 is 5.11 Å². The van der Waals surface area contributed by atoms with Crippen molar-refractivity contribution >= 4 is 11.3 Å². The molecule has 0 aliphatic rings. The second kappa shape index (κ2) is 4.03. The molecule has 2 nitrogen and oxygen atoms in total. The van der Waals surface area contributed by atoms with E-state index in [0.717, 1.165) is 0 Å². The average Bonchev–Trinajstić information content (AvgIpc) is 2.34. The number of thiophene rings is 1. The van der Waals surface area contributed by atoms with Gasteiger partial charge in [-0.05, 0) is 32.5 Å². The van der Waals surface area contributed by atoms with Crippen LogP contribution in [0.4, 0.5) is 0 Å². The Kier molecular flexibility index (Phi) is 3.26. The molecule has 68 valence electrons. The van der Waals surface area contributed by atoms with Crippen LogP contribution in [0.1, 0.15) is 21.4 Å². The summed E-state index contributed by atoms with van der Waals surface area (Å²) in [5.41, 5.74) is 1.22. The molecule has 0 aliphatic carbocycles. The lowest BCUT2D eigenvalue weighted by molar-refractivity contribution is 0.251. The van der Waals surface area contributed by atoms with Gasteiger partial charge in [-0.3, -0.25) is 0 Å². The Labute approximate surface area is 77.2 Å². The van der Waals surface area contributed by atoms with E-state index in [1.54, 1.807) is 11.3 Å². The Morgan fingerprint density at radius 3 is 2.58 bits per heavy atom. The van der Waals surface area contributed by atoms with Gasteiger partial charge in [0.2, 0.25) is 0 Å². The second-order valence-electron chi connectivity index (χ2n) is 2.89. The fraction of sp³-hybridized carbons (Fsp3) is 0.556. The maximum absolute atomic E-state index is 9.06. The summed E-state index contributed by atoms with van der Waals surface area (Å²) < 4.78 is 0. The first-order valence-electron chi connectivity index (χ1n) is 4.04. The minimum absolute atomic E-state index is 0.0925. The molecule has 0 aliphatic heterocycles. The Morgan fingerprint density at radius 2 is 2.25 bits per heavy atom. The topological polar surface area (TPSA) is 32.3 Å². The van der Waals surface area contributed by atoms with Crippen LogP contribution in [0.2, 0.25) is 0 Å². The van der Waals surface area contributed by atoms with Crippen molar-refractivity contribution in [1.82, 2.24) is 5.32 Å². The van der Waals surface area contributed by atoms with Crippen LogP contribution in [0.5, 0.6) is 0 Å². The molecular formula is C9H15NOS. The summed E-state index contributed by atoms with van der Waals surface area (Å²) in [5.74, 6) is 0. The smallest absolute Gasteiger partial charge is 0.0626 e.